The second kappa shape index (κ2) is 7.03. The van der Waals surface area contributed by atoms with Crippen molar-refractivity contribution in [3.63, 3.8) is 0 Å². The average molecular weight is 293 g/mol. The van der Waals surface area contributed by atoms with Gasteiger partial charge in [-0.25, -0.2) is 0 Å². The van der Waals surface area contributed by atoms with Crippen molar-refractivity contribution in [2.45, 2.75) is 25.8 Å². The van der Waals surface area contributed by atoms with Crippen LogP contribution >= 0.6 is 11.6 Å². The standard InChI is InChI=1S/C7H6Cl.C5H10O2.Zn/c1-6-4-2-3-5-7(6)8;1-5(2,3)4(6)7;/h2-5H,1H2;1-3H3,(H,6,7);. The molecule has 0 unspecified atom stereocenters. The molecule has 0 aliphatic carbocycles. The molecule has 0 bridgehead atoms. The Morgan fingerprint density at radius 3 is 2.06 bits per heavy atom. The molecular weight excluding hydrogens is 277 g/mol. The van der Waals surface area contributed by atoms with Gasteiger partial charge in [0, 0.05) is 0 Å². The molecule has 4 heteroatoms. The molecule has 0 atom stereocenters. The molecule has 0 spiro atoms. The van der Waals surface area contributed by atoms with Gasteiger partial charge in [-0.3, -0.25) is 4.79 Å². The van der Waals surface area contributed by atoms with Crippen LogP contribution in [0.5, 0.6) is 0 Å². The molecule has 0 fully saturated rings. The molecule has 2 nitrogen and oxygen atoms in total. The summed E-state index contributed by atoms with van der Waals surface area (Å²) in [5, 5.41) is 10.3. The van der Waals surface area contributed by atoms with Crippen LogP contribution in [0.3, 0.4) is 0 Å². The molecule has 0 saturated carbocycles. The molecule has 0 saturated heterocycles. The average Bonchev–Trinajstić information content (AvgIpc) is 2.18. The summed E-state index contributed by atoms with van der Waals surface area (Å²) >= 11 is 7.13. The predicted molar refractivity (Wildman–Crippen MR) is 62.2 cm³/mol. The third kappa shape index (κ3) is 6.24. The van der Waals surface area contributed by atoms with E-state index in [1.807, 2.05) is 18.2 Å². The van der Waals surface area contributed by atoms with E-state index in [0.29, 0.717) is 0 Å². The third-order valence-electron chi connectivity index (χ3n) is 1.87. The zero-order chi connectivity index (χ0) is 12.8. The molecule has 1 rings (SSSR count). The second-order valence-electron chi connectivity index (χ2n) is 4.40. The minimum atomic E-state index is -0.757. The first-order chi connectivity index (χ1) is 7.29. The summed E-state index contributed by atoms with van der Waals surface area (Å²) in [6, 6.07) is 8.00. The van der Waals surface area contributed by atoms with Gasteiger partial charge in [0.05, 0.1) is 5.41 Å². The maximum absolute atomic E-state index is 10.0. The van der Waals surface area contributed by atoms with E-state index >= 15 is 0 Å². The van der Waals surface area contributed by atoms with Crippen molar-refractivity contribution in [3.8, 4) is 0 Å². The Bertz CT molecular complexity index is 345. The summed E-state index contributed by atoms with van der Waals surface area (Å²) < 4.78 is 0. The summed E-state index contributed by atoms with van der Waals surface area (Å²) in [5.74, 6) is -0.757. The summed E-state index contributed by atoms with van der Waals surface area (Å²) in [7, 11) is 0. The van der Waals surface area contributed by atoms with Gasteiger partial charge in [0.2, 0.25) is 0 Å². The molecule has 0 aliphatic rings. The summed E-state index contributed by atoms with van der Waals surface area (Å²) in [6.45, 7) is 4.99. The van der Waals surface area contributed by atoms with Gasteiger partial charge in [0.1, 0.15) is 0 Å². The van der Waals surface area contributed by atoms with E-state index in [0.717, 1.165) is 10.0 Å². The predicted octanol–water partition coefficient (Wildman–Crippen LogP) is 3.50. The normalized spacial score (nSPS) is 10.4. The van der Waals surface area contributed by atoms with E-state index < -0.39 is 11.4 Å². The monoisotopic (exact) mass is 291 g/mol. The van der Waals surface area contributed by atoms with E-state index in [9.17, 15) is 4.79 Å². The third-order valence-corrected chi connectivity index (χ3v) is 3.37. The molecule has 1 aromatic rings. The number of hydrogen-bond donors (Lipinski definition) is 1. The summed E-state index contributed by atoms with van der Waals surface area (Å²) in [6.07, 6.45) is 0. The van der Waals surface area contributed by atoms with Crippen molar-refractivity contribution in [2.24, 2.45) is 5.41 Å². The van der Waals surface area contributed by atoms with Crippen LogP contribution in [0.4, 0.5) is 0 Å². The number of rotatable bonds is 1. The summed E-state index contributed by atoms with van der Waals surface area (Å²) in [5.41, 5.74) is 0.694. The van der Waals surface area contributed by atoms with Crippen molar-refractivity contribution in [3.05, 3.63) is 34.9 Å². The van der Waals surface area contributed by atoms with Gasteiger partial charge in [0.25, 0.3) is 0 Å². The SMILES string of the molecule is CC(C)(C)C(=O)O.Clc1ccccc1[CH2][Zn]. The number of carbonyl (C=O) groups is 1. The number of aliphatic carboxylic acids is 1. The number of carboxylic acids is 1. The molecule has 0 heterocycles. The zero-order valence-corrected chi connectivity index (χ0v) is 13.7. The van der Waals surface area contributed by atoms with Gasteiger partial charge in [-0.05, 0) is 20.8 Å². The molecule has 0 aromatic heterocycles. The first kappa shape index (κ1) is 15.6. The first-order valence-corrected chi connectivity index (χ1v) is 7.52. The molecule has 85 valence electrons. The van der Waals surface area contributed by atoms with Crippen LogP contribution in [0.2, 0.25) is 5.02 Å². The fraction of sp³-hybridized carbons (Fsp3) is 0.417. The topological polar surface area (TPSA) is 37.3 Å². The Hall–Kier alpha value is -0.397. The van der Waals surface area contributed by atoms with Gasteiger partial charge in [-0.1, -0.05) is 0 Å². The minimum absolute atomic E-state index is 0.583. The Labute approximate surface area is 112 Å². The van der Waals surface area contributed by atoms with E-state index in [1.54, 1.807) is 20.8 Å². The van der Waals surface area contributed by atoms with E-state index in [2.05, 4.69) is 6.07 Å². The van der Waals surface area contributed by atoms with Crippen molar-refractivity contribution in [1.82, 2.24) is 0 Å². The molecule has 0 radical (unpaired) electrons. The Morgan fingerprint density at radius 1 is 1.38 bits per heavy atom. The van der Waals surface area contributed by atoms with Gasteiger partial charge < -0.3 is 5.11 Å². The van der Waals surface area contributed by atoms with Gasteiger partial charge in [-0.2, -0.15) is 0 Å². The molecule has 1 aromatic carbocycles. The number of hydrogen-bond acceptors (Lipinski definition) is 1. The molecule has 0 aliphatic heterocycles. The molecule has 0 amide bonds. The number of halogens is 1. The van der Waals surface area contributed by atoms with Crippen LogP contribution in [0.25, 0.3) is 0 Å². The number of benzene rings is 1. The van der Waals surface area contributed by atoms with Crippen molar-refractivity contribution in [2.75, 3.05) is 0 Å². The van der Waals surface area contributed by atoms with E-state index in [1.165, 1.54) is 23.9 Å². The van der Waals surface area contributed by atoms with Gasteiger partial charge >= 0.3 is 75.7 Å². The van der Waals surface area contributed by atoms with Crippen LogP contribution in [0.1, 0.15) is 26.3 Å². The molecule has 1 N–H and O–H groups in total. The van der Waals surface area contributed by atoms with Crippen LogP contribution in [-0.4, -0.2) is 11.1 Å². The van der Waals surface area contributed by atoms with E-state index in [4.69, 9.17) is 16.7 Å². The quantitative estimate of drug-likeness (QED) is 0.805. The molecule has 16 heavy (non-hydrogen) atoms. The van der Waals surface area contributed by atoms with Crippen molar-refractivity contribution >= 4 is 17.6 Å². The molecular formula is C12H16ClO2Zn. The second-order valence-corrected chi connectivity index (χ2v) is 5.85. The van der Waals surface area contributed by atoms with Crippen LogP contribution < -0.4 is 0 Å². The zero-order valence-electron chi connectivity index (χ0n) is 9.96. The fourth-order valence-corrected chi connectivity index (χ4v) is 2.18. The van der Waals surface area contributed by atoms with Crippen molar-refractivity contribution in [1.29, 1.82) is 0 Å². The number of carboxylic acid groups (broad SMARTS) is 1. The Morgan fingerprint density at radius 2 is 1.81 bits per heavy atom. The Balaban J connectivity index is 0.000000293. The van der Waals surface area contributed by atoms with Crippen LogP contribution in [0, 0.1) is 5.41 Å². The summed E-state index contributed by atoms with van der Waals surface area (Å²) in [4.78, 5) is 10.0. The van der Waals surface area contributed by atoms with Crippen LogP contribution in [0.15, 0.2) is 24.3 Å². The van der Waals surface area contributed by atoms with Gasteiger partial charge in [0.15, 0.2) is 0 Å². The van der Waals surface area contributed by atoms with E-state index in [-0.39, 0.29) is 0 Å². The first-order valence-electron chi connectivity index (χ1n) is 5.05. The maximum atomic E-state index is 10.0. The Kier molecular flexibility index (Phi) is 6.86. The van der Waals surface area contributed by atoms with Crippen molar-refractivity contribution < 1.29 is 28.2 Å². The fourth-order valence-electron chi connectivity index (χ4n) is 0.701. The van der Waals surface area contributed by atoms with Crippen LogP contribution in [-0.2, 0) is 28.1 Å². The van der Waals surface area contributed by atoms with Gasteiger partial charge in [-0.15, -0.1) is 0 Å².